The molecule has 1 N–H and O–H groups in total. The largest absolute Gasteiger partial charge is 0.318 e. The van der Waals surface area contributed by atoms with Crippen molar-refractivity contribution in [2.24, 2.45) is 5.10 Å². The van der Waals surface area contributed by atoms with Crippen molar-refractivity contribution >= 4 is 28.9 Å². The molecule has 1 heterocycles. The third-order valence-electron chi connectivity index (χ3n) is 3.67. The third-order valence-corrected chi connectivity index (χ3v) is 3.67. The molecule has 24 heavy (non-hydrogen) atoms. The fraction of sp³-hybridized carbons (Fsp3) is 0.167. The lowest BCUT2D eigenvalue weighted by atomic mass is 10.1. The summed E-state index contributed by atoms with van der Waals surface area (Å²) in [7, 11) is 0. The van der Waals surface area contributed by atoms with Gasteiger partial charge in [0.2, 0.25) is 5.91 Å². The highest BCUT2D eigenvalue weighted by atomic mass is 19.1. The van der Waals surface area contributed by atoms with E-state index in [-0.39, 0.29) is 30.1 Å². The van der Waals surface area contributed by atoms with Gasteiger partial charge in [0.15, 0.2) is 0 Å². The zero-order valence-corrected chi connectivity index (χ0v) is 13.1. The highest BCUT2D eigenvalue weighted by molar-refractivity contribution is 6.44. The number of hydrazone groups is 1. The number of carbonyl (C=O) groups excluding carboxylic acids is 2. The smallest absolute Gasteiger partial charge is 0.271 e. The first-order valence-corrected chi connectivity index (χ1v) is 7.57. The molecule has 0 saturated heterocycles. The Hall–Kier alpha value is -3.02. The lowest BCUT2D eigenvalue weighted by Crippen LogP contribution is -2.36. The predicted molar refractivity (Wildman–Crippen MR) is 90.4 cm³/mol. The van der Waals surface area contributed by atoms with Gasteiger partial charge in [-0.2, -0.15) is 5.10 Å². The van der Waals surface area contributed by atoms with Crippen LogP contribution in [0.1, 0.15) is 18.4 Å². The van der Waals surface area contributed by atoms with E-state index in [2.05, 4.69) is 10.4 Å². The molecule has 0 bridgehead atoms. The molecule has 2 aromatic rings. The van der Waals surface area contributed by atoms with Gasteiger partial charge in [-0.1, -0.05) is 24.3 Å². The fourth-order valence-electron chi connectivity index (χ4n) is 2.40. The van der Waals surface area contributed by atoms with Crippen LogP contribution in [0, 0.1) is 12.7 Å². The van der Waals surface area contributed by atoms with Gasteiger partial charge in [-0.25, -0.2) is 9.40 Å². The summed E-state index contributed by atoms with van der Waals surface area (Å²) in [6.07, 6.45) is 0.402. The Morgan fingerprint density at radius 2 is 1.92 bits per heavy atom. The molecule has 0 atom stereocenters. The van der Waals surface area contributed by atoms with Gasteiger partial charge in [-0.3, -0.25) is 9.59 Å². The first kappa shape index (κ1) is 15.9. The van der Waals surface area contributed by atoms with Crippen molar-refractivity contribution in [2.75, 3.05) is 10.3 Å². The number of anilines is 2. The molecule has 122 valence electrons. The molecule has 0 saturated carbocycles. The minimum absolute atomic E-state index is 0.0939. The first-order chi connectivity index (χ1) is 11.5. The van der Waals surface area contributed by atoms with Gasteiger partial charge < -0.3 is 5.32 Å². The number of nitrogens with zero attached hydrogens (tertiary/aromatic N) is 2. The van der Waals surface area contributed by atoms with E-state index in [1.165, 1.54) is 17.1 Å². The monoisotopic (exact) mass is 325 g/mol. The molecular formula is C18H16FN3O2. The van der Waals surface area contributed by atoms with Gasteiger partial charge in [-0.15, -0.1) is 0 Å². The Morgan fingerprint density at radius 1 is 1.17 bits per heavy atom. The van der Waals surface area contributed by atoms with E-state index >= 15 is 0 Å². The Labute approximate surface area is 138 Å². The molecule has 5 nitrogen and oxygen atoms in total. The minimum atomic E-state index is -0.508. The molecule has 0 unspecified atom stereocenters. The first-order valence-electron chi connectivity index (χ1n) is 7.57. The van der Waals surface area contributed by atoms with Crippen molar-refractivity contribution in [3.8, 4) is 0 Å². The summed E-state index contributed by atoms with van der Waals surface area (Å²) < 4.78 is 13.9. The average Bonchev–Trinajstić information content (AvgIpc) is 2.58. The topological polar surface area (TPSA) is 61.8 Å². The number of hydrogen-bond donors (Lipinski definition) is 1. The van der Waals surface area contributed by atoms with Crippen LogP contribution >= 0.6 is 0 Å². The minimum Gasteiger partial charge on any atom is -0.318 e. The van der Waals surface area contributed by atoms with E-state index in [1.54, 1.807) is 37.3 Å². The highest BCUT2D eigenvalue weighted by Gasteiger charge is 2.25. The van der Waals surface area contributed by atoms with Gasteiger partial charge in [0.05, 0.1) is 11.4 Å². The van der Waals surface area contributed by atoms with Crippen LogP contribution in [0.25, 0.3) is 0 Å². The van der Waals surface area contributed by atoms with E-state index in [4.69, 9.17) is 0 Å². The summed E-state index contributed by atoms with van der Waals surface area (Å²) in [6.45, 7) is 1.77. The SMILES string of the molecule is Cc1ccc(NC(=O)C2=NN(c3ccccc3)C(=O)CC2)c(F)c1. The number of para-hydroxylation sites is 1. The normalized spacial score (nSPS) is 14.3. The van der Waals surface area contributed by atoms with Crippen LogP contribution in [0.15, 0.2) is 53.6 Å². The second-order valence-electron chi connectivity index (χ2n) is 5.53. The van der Waals surface area contributed by atoms with Crippen molar-refractivity contribution in [1.82, 2.24) is 0 Å². The Morgan fingerprint density at radius 3 is 2.62 bits per heavy atom. The second kappa shape index (κ2) is 6.62. The number of carbonyl (C=O) groups is 2. The molecule has 0 radical (unpaired) electrons. The van der Waals surface area contributed by atoms with E-state index in [9.17, 15) is 14.0 Å². The summed E-state index contributed by atoms with van der Waals surface area (Å²) in [4.78, 5) is 24.4. The summed E-state index contributed by atoms with van der Waals surface area (Å²) >= 11 is 0. The quantitative estimate of drug-likeness (QED) is 0.941. The summed E-state index contributed by atoms with van der Waals surface area (Å²) in [5.41, 5.74) is 1.64. The number of aryl methyl sites for hydroxylation is 1. The maximum atomic E-state index is 13.9. The van der Waals surface area contributed by atoms with Crippen LogP contribution in [-0.4, -0.2) is 17.5 Å². The fourth-order valence-corrected chi connectivity index (χ4v) is 2.40. The molecule has 1 aliphatic rings. The maximum absolute atomic E-state index is 13.9. The number of rotatable bonds is 3. The lowest BCUT2D eigenvalue weighted by molar-refractivity contribution is -0.118. The summed E-state index contributed by atoms with van der Waals surface area (Å²) in [5.74, 6) is -1.19. The van der Waals surface area contributed by atoms with Crippen molar-refractivity contribution in [3.63, 3.8) is 0 Å². The molecule has 2 amide bonds. The molecule has 0 aromatic heterocycles. The van der Waals surface area contributed by atoms with Crippen molar-refractivity contribution in [2.45, 2.75) is 19.8 Å². The highest BCUT2D eigenvalue weighted by Crippen LogP contribution is 2.21. The van der Waals surface area contributed by atoms with Crippen LogP contribution in [-0.2, 0) is 9.59 Å². The van der Waals surface area contributed by atoms with Crippen LogP contribution in [0.4, 0.5) is 15.8 Å². The van der Waals surface area contributed by atoms with E-state index in [1.807, 2.05) is 6.07 Å². The number of benzene rings is 2. The Bertz CT molecular complexity index is 818. The number of nitrogens with one attached hydrogen (secondary N) is 1. The zero-order valence-electron chi connectivity index (χ0n) is 13.1. The average molecular weight is 325 g/mol. The van der Waals surface area contributed by atoms with Crippen LogP contribution in [0.3, 0.4) is 0 Å². The lowest BCUT2D eigenvalue weighted by Gasteiger charge is -2.23. The zero-order chi connectivity index (χ0) is 17.1. The van der Waals surface area contributed by atoms with Crippen molar-refractivity contribution < 1.29 is 14.0 Å². The third kappa shape index (κ3) is 3.32. The Kier molecular flexibility index (Phi) is 4.37. The van der Waals surface area contributed by atoms with Crippen LogP contribution in [0.5, 0.6) is 0 Å². The van der Waals surface area contributed by atoms with E-state index in [0.29, 0.717) is 5.69 Å². The van der Waals surface area contributed by atoms with E-state index < -0.39 is 11.7 Å². The molecular weight excluding hydrogens is 309 g/mol. The standard InChI is InChI=1S/C18H16FN3O2/c1-12-7-8-15(14(19)11-12)20-18(24)16-9-10-17(23)22(21-16)13-5-3-2-4-6-13/h2-8,11H,9-10H2,1H3,(H,20,24). The molecule has 6 heteroatoms. The number of hydrogen-bond acceptors (Lipinski definition) is 3. The Balaban J connectivity index is 1.82. The molecule has 1 aliphatic heterocycles. The van der Waals surface area contributed by atoms with Crippen LogP contribution < -0.4 is 10.3 Å². The molecule has 3 rings (SSSR count). The molecule has 0 spiro atoms. The summed E-state index contributed by atoms with van der Waals surface area (Å²) in [5, 5.41) is 7.87. The predicted octanol–water partition coefficient (Wildman–Crippen LogP) is 3.26. The number of halogens is 1. The second-order valence-corrected chi connectivity index (χ2v) is 5.53. The van der Waals surface area contributed by atoms with Crippen molar-refractivity contribution in [1.29, 1.82) is 0 Å². The summed E-state index contributed by atoms with van der Waals surface area (Å²) in [6, 6.07) is 13.4. The van der Waals surface area contributed by atoms with Gasteiger partial charge in [0, 0.05) is 12.8 Å². The van der Waals surface area contributed by atoms with Gasteiger partial charge >= 0.3 is 0 Å². The maximum Gasteiger partial charge on any atom is 0.271 e. The molecule has 0 aliphatic carbocycles. The van der Waals surface area contributed by atoms with Gasteiger partial charge in [0.25, 0.3) is 5.91 Å². The van der Waals surface area contributed by atoms with E-state index in [0.717, 1.165) is 5.56 Å². The number of amides is 2. The molecule has 2 aromatic carbocycles. The van der Waals surface area contributed by atoms with Gasteiger partial charge in [-0.05, 0) is 36.8 Å². The molecule has 0 fully saturated rings. The van der Waals surface area contributed by atoms with Crippen LogP contribution in [0.2, 0.25) is 0 Å². The van der Waals surface area contributed by atoms with Crippen molar-refractivity contribution in [3.05, 3.63) is 59.9 Å². The van der Waals surface area contributed by atoms with Gasteiger partial charge in [0.1, 0.15) is 11.5 Å².